The van der Waals surface area contributed by atoms with Crippen LogP contribution in [0.5, 0.6) is 0 Å². The van der Waals surface area contributed by atoms with E-state index in [-0.39, 0.29) is 10.3 Å². The second-order valence-electron chi connectivity index (χ2n) is 6.64. The molecule has 1 unspecified atom stereocenters. The maximum atomic E-state index is 11.3. The van der Waals surface area contributed by atoms with Gasteiger partial charge in [-0.2, -0.15) is 0 Å². The van der Waals surface area contributed by atoms with Crippen LogP contribution in [-0.4, -0.2) is 16.5 Å². The highest BCUT2D eigenvalue weighted by Gasteiger charge is 2.43. The lowest BCUT2D eigenvalue weighted by molar-refractivity contribution is -0.533. The van der Waals surface area contributed by atoms with Gasteiger partial charge < -0.3 is 0 Å². The van der Waals surface area contributed by atoms with E-state index in [4.69, 9.17) is 0 Å². The van der Waals surface area contributed by atoms with Crippen molar-refractivity contribution >= 4 is 0 Å². The molecule has 0 saturated heterocycles. The summed E-state index contributed by atoms with van der Waals surface area (Å²) in [6, 6.07) is -0.936. The Bertz CT molecular complexity index is 440. The van der Waals surface area contributed by atoms with Crippen LogP contribution in [0.2, 0.25) is 0 Å². The van der Waals surface area contributed by atoms with Crippen molar-refractivity contribution < 1.29 is 4.92 Å². The lowest BCUT2D eigenvalue weighted by atomic mass is 9.85. The van der Waals surface area contributed by atoms with Gasteiger partial charge in [0.25, 0.3) is 0 Å². The van der Waals surface area contributed by atoms with Gasteiger partial charge in [0.15, 0.2) is 5.54 Å². The molecule has 1 rings (SSSR count). The number of allylic oxidation sites excluding steroid dienone is 3. The Morgan fingerprint density at radius 1 is 1.35 bits per heavy atom. The molecule has 0 saturated carbocycles. The van der Waals surface area contributed by atoms with Gasteiger partial charge >= 0.3 is 0 Å². The van der Waals surface area contributed by atoms with Crippen molar-refractivity contribution in [3.8, 4) is 0 Å². The predicted octanol–water partition coefficient (Wildman–Crippen LogP) is 4.26. The molecule has 0 aromatic heterocycles. The van der Waals surface area contributed by atoms with Gasteiger partial charge in [-0.3, -0.25) is 10.1 Å². The molecule has 1 aliphatic rings. The number of nitrogens with zero attached hydrogens (tertiary/aromatic N) is 2. The van der Waals surface area contributed by atoms with Gasteiger partial charge in [-0.05, 0) is 32.1 Å². The zero-order chi connectivity index (χ0) is 15.4. The van der Waals surface area contributed by atoms with Gasteiger partial charge in [0, 0.05) is 17.8 Å². The third kappa shape index (κ3) is 4.25. The van der Waals surface area contributed by atoms with E-state index in [1.807, 2.05) is 19.1 Å². The zero-order valence-electron chi connectivity index (χ0n) is 12.8. The summed E-state index contributed by atoms with van der Waals surface area (Å²) in [4.78, 5) is 22.1. The lowest BCUT2D eigenvalue weighted by Gasteiger charge is -2.24. The molecule has 0 N–H and O–H groups in total. The summed E-state index contributed by atoms with van der Waals surface area (Å²) in [6.45, 7) is 7.80. The van der Waals surface area contributed by atoms with Crippen LogP contribution in [-0.2, 0) is 0 Å². The molecule has 0 aromatic carbocycles. The fourth-order valence-electron chi connectivity index (χ4n) is 2.47. The number of rotatable bonds is 2. The van der Waals surface area contributed by atoms with E-state index in [1.54, 1.807) is 6.92 Å². The summed E-state index contributed by atoms with van der Waals surface area (Å²) in [6.07, 6.45) is 8.22. The van der Waals surface area contributed by atoms with Gasteiger partial charge in [-0.1, -0.05) is 42.8 Å². The first-order chi connectivity index (χ1) is 9.20. The van der Waals surface area contributed by atoms with Crippen LogP contribution in [0.1, 0.15) is 53.4 Å². The summed E-state index contributed by atoms with van der Waals surface area (Å²) in [5.41, 5.74) is -0.0614. The highest BCUT2D eigenvalue weighted by Crippen LogP contribution is 2.31. The zero-order valence-corrected chi connectivity index (χ0v) is 12.8. The maximum Gasteiger partial charge on any atom is 0.241 e. The van der Waals surface area contributed by atoms with Crippen LogP contribution in [0.3, 0.4) is 0 Å². The van der Waals surface area contributed by atoms with Crippen molar-refractivity contribution in [3.05, 3.63) is 38.8 Å². The maximum absolute atomic E-state index is 11.3. The quantitative estimate of drug-likeness (QED) is 0.328. The summed E-state index contributed by atoms with van der Waals surface area (Å²) in [7, 11) is 0. The van der Waals surface area contributed by atoms with E-state index >= 15 is 0 Å². The first-order valence-electron chi connectivity index (χ1n) is 7.01. The molecule has 0 fully saturated rings. The molecule has 0 aromatic rings. The largest absolute Gasteiger partial charge is 0.264 e. The summed E-state index contributed by atoms with van der Waals surface area (Å²) in [5.74, 6) is 0. The molecule has 5 nitrogen and oxygen atoms in total. The average molecular weight is 280 g/mol. The van der Waals surface area contributed by atoms with Crippen molar-refractivity contribution in [2.75, 3.05) is 0 Å². The molecule has 20 heavy (non-hydrogen) atoms. The van der Waals surface area contributed by atoms with Crippen LogP contribution in [0, 0.1) is 20.4 Å². The van der Waals surface area contributed by atoms with Gasteiger partial charge in [0.05, 0.1) is 0 Å². The van der Waals surface area contributed by atoms with E-state index in [1.165, 1.54) is 0 Å². The van der Waals surface area contributed by atoms with Crippen molar-refractivity contribution in [3.63, 3.8) is 0 Å². The average Bonchev–Trinajstić information content (AvgIpc) is 2.37. The van der Waals surface area contributed by atoms with Crippen molar-refractivity contribution in [2.24, 2.45) is 10.6 Å². The van der Waals surface area contributed by atoms with Gasteiger partial charge in [0.1, 0.15) is 0 Å². The second-order valence-corrected chi connectivity index (χ2v) is 6.64. The van der Waals surface area contributed by atoms with Crippen molar-refractivity contribution in [2.45, 2.75) is 65.0 Å². The van der Waals surface area contributed by atoms with E-state index in [0.717, 1.165) is 12.0 Å². The minimum absolute atomic E-state index is 0.0144. The smallest absolute Gasteiger partial charge is 0.241 e. The van der Waals surface area contributed by atoms with E-state index in [0.29, 0.717) is 19.3 Å². The third-order valence-electron chi connectivity index (χ3n) is 4.07. The first-order valence-corrected chi connectivity index (χ1v) is 7.01. The fraction of sp³-hybridized carbons (Fsp3) is 0.733. The minimum Gasteiger partial charge on any atom is -0.264 e. The molecular formula is C15H24N2O3. The van der Waals surface area contributed by atoms with Gasteiger partial charge in [0.2, 0.25) is 6.04 Å². The molecule has 0 aliphatic heterocycles. The minimum atomic E-state index is -1.18. The predicted molar refractivity (Wildman–Crippen MR) is 80.1 cm³/mol. The van der Waals surface area contributed by atoms with Crippen LogP contribution >= 0.6 is 0 Å². The molecule has 0 amide bonds. The van der Waals surface area contributed by atoms with Gasteiger partial charge in [-0.25, -0.2) is 0 Å². The molecular weight excluding hydrogens is 256 g/mol. The Kier molecular flexibility index (Phi) is 5.20. The van der Waals surface area contributed by atoms with Crippen molar-refractivity contribution in [1.29, 1.82) is 0 Å². The monoisotopic (exact) mass is 280 g/mol. The lowest BCUT2D eigenvalue weighted by Crippen LogP contribution is -2.42. The number of nitroso groups, excluding NO2 is 1. The molecule has 0 spiro atoms. The molecule has 0 radical (unpaired) electrons. The SMILES string of the molecule is C/C1=C\CC(C)(C)/C=C/C[C@@](C)(N=O)C([N+](=O)[O-])CC1. The Morgan fingerprint density at radius 2 is 2.00 bits per heavy atom. The van der Waals surface area contributed by atoms with Gasteiger partial charge in [-0.15, -0.1) is 4.91 Å². The van der Waals surface area contributed by atoms with Crippen LogP contribution in [0.15, 0.2) is 29.0 Å². The molecule has 2 atom stereocenters. The summed E-state index contributed by atoms with van der Waals surface area (Å²) in [5, 5.41) is 14.4. The Hall–Kier alpha value is -1.52. The number of hydrogen-bond donors (Lipinski definition) is 0. The summed E-state index contributed by atoms with van der Waals surface area (Å²) < 4.78 is 0. The molecule has 112 valence electrons. The van der Waals surface area contributed by atoms with E-state index in [9.17, 15) is 15.0 Å². The molecule has 0 heterocycles. The Labute approximate surface area is 120 Å². The standard InChI is InChI=1S/C15H24N2O3/c1-12-6-7-13(17(19)20)15(4,16-18)10-5-9-14(2,3)11-8-12/h5,8-9,13H,6-7,10-11H2,1-4H3/b9-5+,12-8+/t13?,15-/m1/s1. The van der Waals surface area contributed by atoms with Crippen molar-refractivity contribution in [1.82, 2.24) is 0 Å². The van der Waals surface area contributed by atoms with Crippen LogP contribution in [0.25, 0.3) is 0 Å². The normalized spacial score (nSPS) is 35.2. The molecule has 1 aliphatic carbocycles. The Balaban J connectivity index is 3.13. The molecule has 5 heteroatoms. The fourth-order valence-corrected chi connectivity index (χ4v) is 2.47. The van der Waals surface area contributed by atoms with Crippen LogP contribution in [0.4, 0.5) is 0 Å². The number of nitro groups is 1. The summed E-state index contributed by atoms with van der Waals surface area (Å²) >= 11 is 0. The van der Waals surface area contributed by atoms with Crippen LogP contribution < -0.4 is 0 Å². The highest BCUT2D eigenvalue weighted by atomic mass is 16.6. The van der Waals surface area contributed by atoms with E-state index < -0.39 is 11.6 Å². The topological polar surface area (TPSA) is 72.6 Å². The highest BCUT2D eigenvalue weighted by molar-refractivity contribution is 5.09. The third-order valence-corrected chi connectivity index (χ3v) is 4.07. The Morgan fingerprint density at radius 3 is 2.55 bits per heavy atom. The first kappa shape index (κ1) is 16.5. The van der Waals surface area contributed by atoms with E-state index in [2.05, 4.69) is 25.1 Å². The molecule has 0 bridgehead atoms. The second kappa shape index (κ2) is 6.29. The number of hydrogen-bond acceptors (Lipinski definition) is 4.